The molecule has 33 heavy (non-hydrogen) atoms. The lowest BCUT2D eigenvalue weighted by Gasteiger charge is -2.39. The zero-order chi connectivity index (χ0) is 24.3. The minimum Gasteiger partial charge on any atom is -0.480 e. The second-order valence-corrected chi connectivity index (χ2v) is 7.62. The molecular formula is C21H29NO11. The molecule has 2 amide bonds. The van der Waals surface area contributed by atoms with Crippen LogP contribution < -0.4 is 0 Å². The molecule has 2 rings (SSSR count). The number of hydrogen-bond donors (Lipinski definition) is 2. The standard InChI is InChI=1S/C21H29NO11/c23-16(15-13-21(14-15,19(26)27)20(28)29)3-5-30-7-9-32-11-12-33-10-8-31-6-4-22-17(24)1-2-18(22)25/h1-2,15H,3-14H2,(H,26,27)(H,28,29). The minimum absolute atomic E-state index is 0.0969. The first-order chi connectivity index (χ1) is 15.8. The molecule has 12 nitrogen and oxygen atoms in total. The van der Waals surface area contributed by atoms with Crippen molar-refractivity contribution in [1.82, 2.24) is 4.90 Å². The lowest BCUT2D eigenvalue weighted by Crippen LogP contribution is -2.52. The molecule has 0 bridgehead atoms. The number of carboxylic acid groups (broad SMARTS) is 2. The van der Waals surface area contributed by atoms with Gasteiger partial charge in [0, 0.05) is 24.5 Å². The first-order valence-electron chi connectivity index (χ1n) is 10.6. The number of carboxylic acids is 2. The van der Waals surface area contributed by atoms with Gasteiger partial charge >= 0.3 is 11.9 Å². The highest BCUT2D eigenvalue weighted by Crippen LogP contribution is 2.47. The average Bonchev–Trinajstić information content (AvgIpc) is 3.04. The zero-order valence-corrected chi connectivity index (χ0v) is 18.2. The van der Waals surface area contributed by atoms with Crippen LogP contribution in [0.5, 0.6) is 0 Å². The number of nitrogens with zero attached hydrogens (tertiary/aromatic N) is 1. The Morgan fingerprint density at radius 3 is 1.67 bits per heavy atom. The normalized spacial score (nSPS) is 17.4. The van der Waals surface area contributed by atoms with Crippen LogP contribution in [0.15, 0.2) is 12.2 Å². The highest BCUT2D eigenvalue weighted by molar-refractivity contribution is 6.12. The van der Waals surface area contributed by atoms with Crippen molar-refractivity contribution >= 4 is 29.5 Å². The van der Waals surface area contributed by atoms with Gasteiger partial charge in [-0.3, -0.25) is 28.9 Å². The largest absolute Gasteiger partial charge is 0.480 e. The van der Waals surface area contributed by atoms with E-state index in [0.29, 0.717) is 33.0 Å². The SMILES string of the molecule is O=C(CCOCCOCCOCCOCCN1C(=O)C=CC1=O)C1CC(C(=O)O)(C(=O)O)C1. The van der Waals surface area contributed by atoms with E-state index < -0.39 is 23.3 Å². The number of carbonyl (C=O) groups is 5. The summed E-state index contributed by atoms with van der Waals surface area (Å²) in [6, 6.07) is 0. The summed E-state index contributed by atoms with van der Waals surface area (Å²) in [6.07, 6.45) is 2.18. The van der Waals surface area contributed by atoms with Crippen molar-refractivity contribution in [2.24, 2.45) is 11.3 Å². The summed E-state index contributed by atoms with van der Waals surface area (Å²) in [6.45, 7) is 2.54. The van der Waals surface area contributed by atoms with Gasteiger partial charge < -0.3 is 29.2 Å². The third-order valence-electron chi connectivity index (χ3n) is 5.43. The van der Waals surface area contributed by atoms with Crippen LogP contribution in [0.4, 0.5) is 0 Å². The number of rotatable bonds is 18. The molecule has 0 unspecified atom stereocenters. The molecule has 2 N–H and O–H groups in total. The Morgan fingerprint density at radius 2 is 1.21 bits per heavy atom. The van der Waals surface area contributed by atoms with Crippen LogP contribution in [0.25, 0.3) is 0 Å². The van der Waals surface area contributed by atoms with E-state index in [1.807, 2.05) is 0 Å². The number of ketones is 1. The Hall–Kier alpha value is -2.67. The number of aliphatic carboxylic acids is 2. The Bertz CT molecular complexity index is 723. The Labute approximate surface area is 190 Å². The van der Waals surface area contributed by atoms with Gasteiger partial charge in [0.2, 0.25) is 0 Å². The zero-order valence-electron chi connectivity index (χ0n) is 18.2. The van der Waals surface area contributed by atoms with Crippen molar-refractivity contribution in [3.05, 3.63) is 12.2 Å². The molecule has 1 heterocycles. The van der Waals surface area contributed by atoms with Crippen LogP contribution in [-0.2, 0) is 42.9 Å². The Balaban J connectivity index is 1.35. The molecule has 1 aliphatic heterocycles. The van der Waals surface area contributed by atoms with Gasteiger partial charge in [-0.15, -0.1) is 0 Å². The number of carbonyl (C=O) groups excluding carboxylic acids is 3. The van der Waals surface area contributed by atoms with E-state index >= 15 is 0 Å². The van der Waals surface area contributed by atoms with E-state index in [1.54, 1.807) is 0 Å². The van der Waals surface area contributed by atoms with Gasteiger partial charge in [-0.1, -0.05) is 0 Å². The predicted molar refractivity (Wildman–Crippen MR) is 109 cm³/mol. The molecule has 184 valence electrons. The molecule has 0 aromatic carbocycles. The maximum atomic E-state index is 12.0. The fraction of sp³-hybridized carbons (Fsp3) is 0.667. The van der Waals surface area contributed by atoms with Crippen molar-refractivity contribution < 1.29 is 53.1 Å². The van der Waals surface area contributed by atoms with E-state index in [2.05, 4.69) is 0 Å². The molecule has 1 fully saturated rings. The smallest absolute Gasteiger partial charge is 0.321 e. The van der Waals surface area contributed by atoms with Crippen LogP contribution in [0.2, 0.25) is 0 Å². The van der Waals surface area contributed by atoms with Gasteiger partial charge in [0.05, 0.1) is 59.4 Å². The Kier molecular flexibility index (Phi) is 10.6. The van der Waals surface area contributed by atoms with Crippen LogP contribution in [-0.4, -0.2) is 104 Å². The molecule has 12 heteroatoms. The number of amides is 2. The average molecular weight is 471 g/mol. The summed E-state index contributed by atoms with van der Waals surface area (Å²) >= 11 is 0. The first kappa shape index (κ1) is 26.6. The molecule has 0 radical (unpaired) electrons. The molecular weight excluding hydrogens is 442 g/mol. The minimum atomic E-state index is -1.84. The van der Waals surface area contributed by atoms with Crippen molar-refractivity contribution in [3.8, 4) is 0 Å². The van der Waals surface area contributed by atoms with Crippen molar-refractivity contribution in [1.29, 1.82) is 0 Å². The van der Waals surface area contributed by atoms with Crippen LogP contribution >= 0.6 is 0 Å². The van der Waals surface area contributed by atoms with E-state index in [-0.39, 0.29) is 63.2 Å². The maximum absolute atomic E-state index is 12.0. The third-order valence-corrected chi connectivity index (χ3v) is 5.43. The van der Waals surface area contributed by atoms with Crippen LogP contribution in [0, 0.1) is 11.3 Å². The lowest BCUT2D eigenvalue weighted by atomic mass is 9.60. The number of imide groups is 1. The van der Waals surface area contributed by atoms with E-state index in [0.717, 1.165) is 4.90 Å². The lowest BCUT2D eigenvalue weighted by molar-refractivity contribution is -0.176. The summed E-state index contributed by atoms with van der Waals surface area (Å²) in [5.41, 5.74) is -1.84. The molecule has 1 saturated carbocycles. The third kappa shape index (κ3) is 7.70. The monoisotopic (exact) mass is 471 g/mol. The first-order valence-corrected chi connectivity index (χ1v) is 10.6. The highest BCUT2D eigenvalue weighted by atomic mass is 16.6. The topological polar surface area (TPSA) is 166 Å². The molecule has 0 saturated heterocycles. The van der Waals surface area contributed by atoms with Crippen molar-refractivity contribution in [2.75, 3.05) is 59.4 Å². The van der Waals surface area contributed by atoms with E-state index in [1.165, 1.54) is 12.2 Å². The number of Topliss-reactive ketones (excluding diaryl/α,β-unsaturated/α-hetero) is 1. The van der Waals surface area contributed by atoms with Gasteiger partial charge in [-0.2, -0.15) is 0 Å². The second kappa shape index (κ2) is 13.1. The van der Waals surface area contributed by atoms with Crippen molar-refractivity contribution in [3.63, 3.8) is 0 Å². The van der Waals surface area contributed by atoms with Gasteiger partial charge in [0.25, 0.3) is 11.8 Å². The van der Waals surface area contributed by atoms with E-state index in [4.69, 9.17) is 29.2 Å². The summed E-state index contributed by atoms with van der Waals surface area (Å²) in [5.74, 6) is -4.24. The number of ether oxygens (including phenoxy) is 4. The Morgan fingerprint density at radius 1 is 0.788 bits per heavy atom. The van der Waals surface area contributed by atoms with Crippen LogP contribution in [0.3, 0.4) is 0 Å². The molecule has 0 spiro atoms. The summed E-state index contributed by atoms with van der Waals surface area (Å²) in [7, 11) is 0. The molecule has 0 aromatic rings. The quantitative estimate of drug-likeness (QED) is 0.150. The fourth-order valence-corrected chi connectivity index (χ4v) is 3.40. The molecule has 0 aromatic heterocycles. The second-order valence-electron chi connectivity index (χ2n) is 7.62. The van der Waals surface area contributed by atoms with Gasteiger partial charge in [-0.05, 0) is 12.8 Å². The summed E-state index contributed by atoms with van der Waals surface area (Å²) < 4.78 is 21.3. The highest BCUT2D eigenvalue weighted by Gasteiger charge is 2.58. The van der Waals surface area contributed by atoms with Crippen molar-refractivity contribution in [2.45, 2.75) is 19.3 Å². The maximum Gasteiger partial charge on any atom is 0.321 e. The predicted octanol–water partition coefficient (Wildman–Crippen LogP) is -0.497. The van der Waals surface area contributed by atoms with Gasteiger partial charge in [-0.25, -0.2) is 0 Å². The van der Waals surface area contributed by atoms with Gasteiger partial charge in [0.1, 0.15) is 5.78 Å². The number of hydrogen-bond acceptors (Lipinski definition) is 9. The summed E-state index contributed by atoms with van der Waals surface area (Å²) in [4.78, 5) is 57.9. The fourth-order valence-electron chi connectivity index (χ4n) is 3.40. The van der Waals surface area contributed by atoms with E-state index in [9.17, 15) is 24.0 Å². The molecule has 0 atom stereocenters. The van der Waals surface area contributed by atoms with Gasteiger partial charge in [0.15, 0.2) is 5.41 Å². The summed E-state index contributed by atoms with van der Waals surface area (Å²) in [5, 5.41) is 18.1. The van der Waals surface area contributed by atoms with Crippen LogP contribution in [0.1, 0.15) is 19.3 Å². The molecule has 1 aliphatic carbocycles. The molecule has 2 aliphatic rings.